The van der Waals surface area contributed by atoms with Crippen molar-refractivity contribution in [2.75, 3.05) is 0 Å². The zero-order valence-corrected chi connectivity index (χ0v) is 15.6. The van der Waals surface area contributed by atoms with E-state index in [1.807, 2.05) is 36.4 Å². The number of benzene rings is 2. The molecule has 0 radical (unpaired) electrons. The van der Waals surface area contributed by atoms with Gasteiger partial charge in [0.1, 0.15) is 18.2 Å². The molecule has 2 aliphatic heterocycles. The van der Waals surface area contributed by atoms with Crippen LogP contribution in [0.25, 0.3) is 5.57 Å². The van der Waals surface area contributed by atoms with Crippen LogP contribution in [0.3, 0.4) is 0 Å². The average Bonchev–Trinajstić information content (AvgIpc) is 2.96. The second-order valence-electron chi connectivity index (χ2n) is 7.16. The van der Waals surface area contributed by atoms with Crippen LogP contribution in [0.15, 0.2) is 54.6 Å². The molecule has 0 N–H and O–H groups in total. The standard InChI is InChI=1S/C22H20F3NO3/c23-16-6-9-19(20(12-16)29-21(24)25)15-10-17-7-8-18(11-15)26(17)22(27)28-13-14-4-2-1-3-5-14/h1-6,9-10,12,17-18,21H,7-8,11,13H2. The maximum Gasteiger partial charge on any atom is 0.410 e. The highest BCUT2D eigenvalue weighted by Crippen LogP contribution is 2.41. The first-order chi connectivity index (χ1) is 14.0. The Labute approximate surface area is 166 Å². The van der Waals surface area contributed by atoms with Crippen molar-refractivity contribution in [3.8, 4) is 5.75 Å². The molecule has 1 saturated heterocycles. The Morgan fingerprint density at radius 3 is 2.66 bits per heavy atom. The number of fused-ring (bicyclic) bond motifs is 2. The summed E-state index contributed by atoms with van der Waals surface area (Å²) in [5.74, 6) is -0.833. The smallest absolute Gasteiger partial charge is 0.410 e. The van der Waals surface area contributed by atoms with Gasteiger partial charge in [-0.1, -0.05) is 36.4 Å². The number of nitrogens with zero attached hydrogens (tertiary/aromatic N) is 1. The number of hydrogen-bond acceptors (Lipinski definition) is 3. The van der Waals surface area contributed by atoms with Crippen molar-refractivity contribution in [1.82, 2.24) is 4.90 Å². The van der Waals surface area contributed by atoms with Crippen LogP contribution < -0.4 is 4.74 Å². The molecular weight excluding hydrogens is 383 g/mol. The van der Waals surface area contributed by atoms with Gasteiger partial charge < -0.3 is 9.47 Å². The van der Waals surface area contributed by atoms with Crippen LogP contribution >= 0.6 is 0 Å². The monoisotopic (exact) mass is 403 g/mol. The normalized spacial score (nSPS) is 20.6. The third kappa shape index (κ3) is 4.23. The van der Waals surface area contributed by atoms with E-state index >= 15 is 0 Å². The summed E-state index contributed by atoms with van der Waals surface area (Å²) in [6, 6.07) is 12.8. The molecule has 4 rings (SSSR count). The summed E-state index contributed by atoms with van der Waals surface area (Å²) >= 11 is 0. The molecular formula is C22H20F3NO3. The molecule has 0 aliphatic carbocycles. The summed E-state index contributed by atoms with van der Waals surface area (Å²) in [6.45, 7) is -2.85. The number of rotatable bonds is 5. The lowest BCUT2D eigenvalue weighted by atomic mass is 9.94. The lowest BCUT2D eigenvalue weighted by Crippen LogP contribution is -2.43. The molecule has 0 spiro atoms. The maximum atomic E-state index is 13.5. The van der Waals surface area contributed by atoms with Gasteiger partial charge in [0.05, 0.1) is 6.04 Å². The van der Waals surface area contributed by atoms with E-state index in [-0.39, 0.29) is 30.5 Å². The SMILES string of the molecule is O=C(OCc1ccccc1)N1C2C=C(c3ccc(F)cc3OC(F)F)CC1CC2. The van der Waals surface area contributed by atoms with Crippen LogP contribution in [-0.2, 0) is 11.3 Å². The van der Waals surface area contributed by atoms with E-state index in [0.717, 1.165) is 30.0 Å². The molecule has 152 valence electrons. The van der Waals surface area contributed by atoms with Gasteiger partial charge in [0, 0.05) is 17.7 Å². The third-order valence-electron chi connectivity index (χ3n) is 5.32. The number of amides is 1. The fourth-order valence-electron chi connectivity index (χ4n) is 4.06. The van der Waals surface area contributed by atoms with Crippen molar-refractivity contribution in [3.05, 3.63) is 71.6 Å². The highest BCUT2D eigenvalue weighted by Gasteiger charge is 2.41. The van der Waals surface area contributed by atoms with E-state index in [2.05, 4.69) is 4.74 Å². The molecule has 2 atom stereocenters. The van der Waals surface area contributed by atoms with E-state index in [1.54, 1.807) is 4.90 Å². The Hall–Kier alpha value is -2.96. The highest BCUT2D eigenvalue weighted by atomic mass is 19.3. The van der Waals surface area contributed by atoms with E-state index < -0.39 is 12.4 Å². The number of halogens is 3. The van der Waals surface area contributed by atoms with Gasteiger partial charge in [-0.25, -0.2) is 9.18 Å². The molecule has 7 heteroatoms. The van der Waals surface area contributed by atoms with Crippen molar-refractivity contribution in [2.45, 2.75) is 44.6 Å². The summed E-state index contributed by atoms with van der Waals surface area (Å²) in [7, 11) is 0. The molecule has 0 saturated carbocycles. The van der Waals surface area contributed by atoms with E-state index in [9.17, 15) is 18.0 Å². The molecule has 1 fully saturated rings. The van der Waals surface area contributed by atoms with Crippen LogP contribution in [-0.4, -0.2) is 29.7 Å². The van der Waals surface area contributed by atoms with E-state index in [4.69, 9.17) is 4.74 Å². The van der Waals surface area contributed by atoms with Gasteiger partial charge in [0.25, 0.3) is 0 Å². The van der Waals surface area contributed by atoms with Crippen molar-refractivity contribution < 1.29 is 27.4 Å². The van der Waals surface area contributed by atoms with Crippen LogP contribution in [0.1, 0.15) is 30.4 Å². The first-order valence-corrected chi connectivity index (χ1v) is 9.45. The van der Waals surface area contributed by atoms with Crippen molar-refractivity contribution in [3.63, 3.8) is 0 Å². The zero-order chi connectivity index (χ0) is 20.4. The summed E-state index contributed by atoms with van der Waals surface area (Å²) in [6.07, 6.45) is 3.51. The largest absolute Gasteiger partial charge is 0.445 e. The highest BCUT2D eigenvalue weighted by molar-refractivity contribution is 5.77. The predicted octanol–water partition coefficient (Wildman–Crippen LogP) is 5.38. The van der Waals surface area contributed by atoms with E-state index in [1.165, 1.54) is 12.1 Å². The summed E-state index contributed by atoms with van der Waals surface area (Å²) in [5.41, 5.74) is 2.11. The molecule has 2 aromatic carbocycles. The molecule has 2 bridgehead atoms. The number of ether oxygens (including phenoxy) is 2. The Balaban J connectivity index is 1.51. The Morgan fingerprint density at radius 1 is 1.14 bits per heavy atom. The lowest BCUT2D eigenvalue weighted by molar-refractivity contribution is -0.0501. The zero-order valence-electron chi connectivity index (χ0n) is 15.6. The molecule has 1 amide bonds. The Kier molecular flexibility index (Phi) is 5.47. The first kappa shape index (κ1) is 19.4. The van der Waals surface area contributed by atoms with Crippen molar-refractivity contribution >= 4 is 11.7 Å². The van der Waals surface area contributed by atoms with Gasteiger partial charge in [-0.05, 0) is 42.5 Å². The average molecular weight is 403 g/mol. The molecule has 2 aromatic rings. The van der Waals surface area contributed by atoms with Gasteiger partial charge in [-0.2, -0.15) is 8.78 Å². The molecule has 0 aromatic heterocycles. The van der Waals surface area contributed by atoms with Gasteiger partial charge in [-0.3, -0.25) is 4.90 Å². The summed E-state index contributed by atoms with van der Waals surface area (Å²) < 4.78 is 48.9. The van der Waals surface area contributed by atoms with E-state index in [0.29, 0.717) is 12.0 Å². The van der Waals surface area contributed by atoms with Gasteiger partial charge in [0.2, 0.25) is 0 Å². The van der Waals surface area contributed by atoms with Crippen LogP contribution in [0.2, 0.25) is 0 Å². The fourth-order valence-corrected chi connectivity index (χ4v) is 4.06. The fraction of sp³-hybridized carbons (Fsp3) is 0.318. The predicted molar refractivity (Wildman–Crippen MR) is 101 cm³/mol. The number of carbonyl (C=O) groups excluding carboxylic acids is 1. The number of alkyl halides is 2. The van der Waals surface area contributed by atoms with Gasteiger partial charge >= 0.3 is 12.7 Å². The van der Waals surface area contributed by atoms with Crippen molar-refractivity contribution in [2.24, 2.45) is 0 Å². The topological polar surface area (TPSA) is 38.8 Å². The second-order valence-corrected chi connectivity index (χ2v) is 7.16. The minimum absolute atomic E-state index is 0.0901. The van der Waals surface area contributed by atoms with Crippen LogP contribution in [0.5, 0.6) is 5.75 Å². The minimum atomic E-state index is -3.04. The summed E-state index contributed by atoms with van der Waals surface area (Å²) in [4.78, 5) is 14.3. The lowest BCUT2D eigenvalue weighted by Gasteiger charge is -2.33. The second kappa shape index (κ2) is 8.19. The quantitative estimate of drug-likeness (QED) is 0.673. The number of hydrogen-bond donors (Lipinski definition) is 0. The third-order valence-corrected chi connectivity index (χ3v) is 5.32. The molecule has 2 aliphatic rings. The van der Waals surface area contributed by atoms with Crippen LogP contribution in [0, 0.1) is 5.82 Å². The van der Waals surface area contributed by atoms with Crippen molar-refractivity contribution in [1.29, 1.82) is 0 Å². The van der Waals surface area contributed by atoms with Crippen LogP contribution in [0.4, 0.5) is 18.0 Å². The minimum Gasteiger partial charge on any atom is -0.445 e. The molecule has 29 heavy (non-hydrogen) atoms. The van der Waals surface area contributed by atoms with Gasteiger partial charge in [-0.15, -0.1) is 0 Å². The molecule has 2 unspecified atom stereocenters. The van der Waals surface area contributed by atoms with Gasteiger partial charge in [0.15, 0.2) is 0 Å². The molecule has 4 nitrogen and oxygen atoms in total. The summed E-state index contributed by atoms with van der Waals surface area (Å²) in [5, 5.41) is 0. The Bertz CT molecular complexity index is 917. The Morgan fingerprint density at radius 2 is 1.93 bits per heavy atom. The molecule has 2 heterocycles. The first-order valence-electron chi connectivity index (χ1n) is 9.45. The number of carbonyl (C=O) groups is 1. The maximum absolute atomic E-state index is 13.5.